The van der Waals surface area contributed by atoms with Crippen LogP contribution in [0.2, 0.25) is 0 Å². The molecule has 0 atom stereocenters. The molecule has 0 bridgehead atoms. The minimum Gasteiger partial charge on any atom is -0.508 e. The second kappa shape index (κ2) is 18.0. The summed E-state index contributed by atoms with van der Waals surface area (Å²) in [5, 5.41) is 9.44. The summed E-state index contributed by atoms with van der Waals surface area (Å²) in [4.78, 5) is 12.2. The van der Waals surface area contributed by atoms with E-state index >= 15 is 0 Å². The van der Waals surface area contributed by atoms with Crippen molar-refractivity contribution < 1.29 is 14.6 Å². The van der Waals surface area contributed by atoms with Gasteiger partial charge in [0.25, 0.3) is 0 Å². The molecule has 3 heteroatoms. The van der Waals surface area contributed by atoms with Crippen molar-refractivity contribution in [3.63, 3.8) is 0 Å². The van der Waals surface area contributed by atoms with Crippen LogP contribution in [0.1, 0.15) is 70.8 Å². The molecule has 0 saturated carbocycles. The number of rotatable bonds is 15. The maximum Gasteiger partial charge on any atom is 0.338 e. The van der Waals surface area contributed by atoms with Gasteiger partial charge in [0, 0.05) is 0 Å². The highest BCUT2D eigenvalue weighted by atomic mass is 16.5. The average Bonchev–Trinajstić information content (AvgIpc) is 2.77. The lowest BCUT2D eigenvalue weighted by Crippen LogP contribution is -2.06. The Hall–Kier alpha value is -2.81. The van der Waals surface area contributed by atoms with Gasteiger partial charge in [-0.05, 0) is 43.5 Å². The van der Waals surface area contributed by atoms with Crippen LogP contribution in [0, 0.1) is 0 Å². The number of carbonyl (C=O) groups excluding carboxylic acids is 1. The van der Waals surface area contributed by atoms with Crippen LogP contribution in [0.25, 0.3) is 5.57 Å². The maximum absolute atomic E-state index is 12.2. The normalized spacial score (nSPS) is 12.6. The first-order chi connectivity index (χ1) is 15.2. The second-order valence-electron chi connectivity index (χ2n) is 7.34. The molecule has 1 aromatic rings. The molecule has 0 unspecified atom stereocenters. The lowest BCUT2D eigenvalue weighted by molar-refractivity contribution is -0.136. The van der Waals surface area contributed by atoms with E-state index in [9.17, 15) is 9.90 Å². The second-order valence-corrected chi connectivity index (χ2v) is 7.34. The van der Waals surface area contributed by atoms with Crippen LogP contribution in [0.4, 0.5) is 0 Å². The third-order valence-electron chi connectivity index (χ3n) is 4.71. The summed E-state index contributed by atoms with van der Waals surface area (Å²) in [5.41, 5.74) is 1.16. The van der Waals surface area contributed by atoms with Gasteiger partial charge < -0.3 is 9.84 Å². The molecule has 0 amide bonds. The largest absolute Gasteiger partial charge is 0.508 e. The Bertz CT molecular complexity index is 749. The van der Waals surface area contributed by atoms with Crippen molar-refractivity contribution in [2.75, 3.05) is 6.61 Å². The number of phenols is 1. The molecule has 1 aromatic carbocycles. The monoisotopic (exact) mass is 422 g/mol. The first kappa shape index (κ1) is 26.2. The number of hydrogen-bond acceptors (Lipinski definition) is 3. The van der Waals surface area contributed by atoms with Crippen LogP contribution in [0.15, 0.2) is 78.9 Å². The van der Waals surface area contributed by atoms with Gasteiger partial charge in [-0.1, -0.05) is 106 Å². The molecule has 0 heterocycles. The Balaban J connectivity index is 2.40. The molecule has 0 aliphatic carbocycles. The smallest absolute Gasteiger partial charge is 0.338 e. The van der Waals surface area contributed by atoms with Gasteiger partial charge in [-0.25, -0.2) is 4.79 Å². The summed E-state index contributed by atoms with van der Waals surface area (Å²) < 4.78 is 5.13. The van der Waals surface area contributed by atoms with Crippen LogP contribution in [0.3, 0.4) is 0 Å². The molecular weight excluding hydrogens is 384 g/mol. The van der Waals surface area contributed by atoms with E-state index in [0.717, 1.165) is 6.42 Å². The van der Waals surface area contributed by atoms with Crippen molar-refractivity contribution in [3.05, 3.63) is 84.5 Å². The summed E-state index contributed by atoms with van der Waals surface area (Å²) in [5.74, 6) is -0.221. The van der Waals surface area contributed by atoms with Gasteiger partial charge in [0.1, 0.15) is 5.75 Å². The van der Waals surface area contributed by atoms with Gasteiger partial charge in [0.05, 0.1) is 12.2 Å². The molecule has 0 radical (unpaired) electrons. The molecule has 1 N–H and O–H groups in total. The Kier molecular flexibility index (Phi) is 15.2. The molecule has 0 fully saturated rings. The number of unbranched alkanes of at least 4 members (excludes halogenated alkanes) is 7. The molecule has 0 saturated heterocycles. The summed E-state index contributed by atoms with van der Waals surface area (Å²) in [7, 11) is 0. The average molecular weight is 423 g/mol. The molecule has 168 valence electrons. The fraction of sp³-hybridized carbons (Fsp3) is 0.393. The third-order valence-corrected chi connectivity index (χ3v) is 4.71. The van der Waals surface area contributed by atoms with E-state index in [0.29, 0.717) is 17.7 Å². The zero-order valence-corrected chi connectivity index (χ0v) is 19.1. The minimum absolute atomic E-state index is 0.161. The summed E-state index contributed by atoms with van der Waals surface area (Å²) >= 11 is 0. The van der Waals surface area contributed by atoms with Gasteiger partial charge in [-0.15, -0.1) is 0 Å². The number of ether oxygens (including phenoxy) is 1. The highest BCUT2D eigenvalue weighted by molar-refractivity contribution is 6.16. The number of allylic oxidation sites excluding steroid dienone is 9. The fourth-order valence-electron chi connectivity index (χ4n) is 3.00. The summed E-state index contributed by atoms with van der Waals surface area (Å²) in [6.07, 6.45) is 28.1. The van der Waals surface area contributed by atoms with E-state index in [1.807, 2.05) is 30.4 Å². The number of phenolic OH excluding ortho intramolecular Hbond substituents is 1. The van der Waals surface area contributed by atoms with E-state index in [2.05, 4.69) is 19.1 Å². The number of carbonyl (C=O) groups is 1. The summed E-state index contributed by atoms with van der Waals surface area (Å²) in [6.45, 7) is 4.35. The molecule has 0 spiro atoms. The van der Waals surface area contributed by atoms with E-state index in [4.69, 9.17) is 4.74 Å². The van der Waals surface area contributed by atoms with Gasteiger partial charge in [-0.3, -0.25) is 0 Å². The van der Waals surface area contributed by atoms with Crippen molar-refractivity contribution >= 4 is 11.5 Å². The Morgan fingerprint density at radius 1 is 0.806 bits per heavy atom. The maximum atomic E-state index is 12.2. The number of benzene rings is 1. The molecular formula is C28H38O3. The van der Waals surface area contributed by atoms with Gasteiger partial charge in [0.2, 0.25) is 0 Å². The lowest BCUT2D eigenvalue weighted by Gasteiger charge is -2.06. The summed E-state index contributed by atoms with van der Waals surface area (Å²) in [6, 6.07) is 6.50. The van der Waals surface area contributed by atoms with Gasteiger partial charge in [-0.2, -0.15) is 0 Å². The molecule has 3 nitrogen and oxygen atoms in total. The standard InChI is InChI=1S/C28H38O3/c1-3-5-6-7-8-9-10-11-12-13-14-15-16-17-18-19-20-27(28(30)31-4-2)25-21-23-26(29)24-22-25/h12-24,29H,3-11H2,1-2H3. The fourth-order valence-corrected chi connectivity index (χ4v) is 3.00. The van der Waals surface area contributed by atoms with Crippen molar-refractivity contribution in [3.8, 4) is 5.75 Å². The third kappa shape index (κ3) is 13.2. The van der Waals surface area contributed by atoms with Crippen LogP contribution in [-0.2, 0) is 9.53 Å². The Morgan fingerprint density at radius 2 is 1.39 bits per heavy atom. The van der Waals surface area contributed by atoms with E-state index in [-0.39, 0.29) is 11.7 Å². The number of esters is 1. The van der Waals surface area contributed by atoms with Crippen molar-refractivity contribution in [2.24, 2.45) is 0 Å². The zero-order chi connectivity index (χ0) is 22.6. The highest BCUT2D eigenvalue weighted by Gasteiger charge is 2.12. The molecule has 0 aromatic heterocycles. The van der Waals surface area contributed by atoms with Crippen molar-refractivity contribution in [2.45, 2.75) is 65.2 Å². The van der Waals surface area contributed by atoms with Crippen LogP contribution in [-0.4, -0.2) is 17.7 Å². The number of hydrogen-bond donors (Lipinski definition) is 1. The molecule has 31 heavy (non-hydrogen) atoms. The quantitative estimate of drug-likeness (QED) is 0.136. The molecule has 0 aliphatic rings. The Morgan fingerprint density at radius 3 is 2.03 bits per heavy atom. The van der Waals surface area contributed by atoms with Crippen molar-refractivity contribution in [1.82, 2.24) is 0 Å². The van der Waals surface area contributed by atoms with E-state index in [1.165, 1.54) is 44.9 Å². The zero-order valence-electron chi connectivity index (χ0n) is 19.1. The van der Waals surface area contributed by atoms with Crippen LogP contribution in [0.5, 0.6) is 5.75 Å². The SMILES string of the molecule is CCCCCCCCCC=CC=CC=CC=CC=C(C(=O)OCC)c1ccc(O)cc1. The minimum atomic E-state index is -0.382. The molecule has 0 aliphatic heterocycles. The number of aromatic hydroxyl groups is 1. The predicted molar refractivity (Wildman–Crippen MR) is 132 cm³/mol. The first-order valence-corrected chi connectivity index (χ1v) is 11.5. The van der Waals surface area contributed by atoms with Crippen LogP contribution >= 0.6 is 0 Å². The van der Waals surface area contributed by atoms with E-state index in [1.54, 1.807) is 43.3 Å². The van der Waals surface area contributed by atoms with E-state index < -0.39 is 0 Å². The van der Waals surface area contributed by atoms with Crippen molar-refractivity contribution in [1.29, 1.82) is 0 Å². The Labute approximate surface area is 188 Å². The highest BCUT2D eigenvalue weighted by Crippen LogP contribution is 2.19. The van der Waals surface area contributed by atoms with Crippen LogP contribution < -0.4 is 0 Å². The molecule has 1 rings (SSSR count). The topological polar surface area (TPSA) is 46.5 Å². The first-order valence-electron chi connectivity index (χ1n) is 11.5. The predicted octanol–water partition coefficient (Wildman–Crippen LogP) is 7.70. The van der Waals surface area contributed by atoms with Gasteiger partial charge in [0.15, 0.2) is 0 Å². The van der Waals surface area contributed by atoms with Gasteiger partial charge >= 0.3 is 5.97 Å². The lowest BCUT2D eigenvalue weighted by atomic mass is 10.1.